The highest BCUT2D eigenvalue weighted by Crippen LogP contribution is 2.35. The molecule has 0 radical (unpaired) electrons. The van der Waals surface area contributed by atoms with Gasteiger partial charge in [0, 0.05) is 34.9 Å². The second-order valence-electron chi connectivity index (χ2n) is 6.38. The van der Waals surface area contributed by atoms with Gasteiger partial charge >= 0.3 is 0 Å². The van der Waals surface area contributed by atoms with Gasteiger partial charge in [-0.15, -0.1) is 0 Å². The molecule has 3 aromatic rings. The molecule has 0 atom stereocenters. The van der Waals surface area contributed by atoms with E-state index in [0.717, 1.165) is 16.8 Å². The van der Waals surface area contributed by atoms with Crippen molar-refractivity contribution in [3.63, 3.8) is 0 Å². The molecular formula is C21H19ClFN5O. The van der Waals surface area contributed by atoms with E-state index in [1.54, 1.807) is 25.5 Å². The second-order valence-corrected chi connectivity index (χ2v) is 6.87. The third-order valence-electron chi connectivity index (χ3n) is 4.20. The first-order valence-electron chi connectivity index (χ1n) is 8.67. The summed E-state index contributed by atoms with van der Waals surface area (Å²) in [6, 6.07) is 1.82. The highest BCUT2D eigenvalue weighted by molar-refractivity contribution is 6.31. The molecule has 0 saturated heterocycles. The monoisotopic (exact) mass is 411 g/mol. The Kier molecular flexibility index (Phi) is 5.89. The fourth-order valence-corrected chi connectivity index (χ4v) is 2.93. The van der Waals surface area contributed by atoms with E-state index in [4.69, 9.17) is 16.1 Å². The molecule has 0 aliphatic rings. The average Bonchev–Trinajstić information content (AvgIpc) is 3.00. The van der Waals surface area contributed by atoms with Crippen LogP contribution in [0.2, 0.25) is 0 Å². The highest BCUT2D eigenvalue weighted by Gasteiger charge is 2.20. The molecule has 0 aromatic carbocycles. The zero-order chi connectivity index (χ0) is 21.1. The van der Waals surface area contributed by atoms with E-state index in [-0.39, 0.29) is 16.4 Å². The van der Waals surface area contributed by atoms with Gasteiger partial charge in [-0.05, 0) is 38.5 Å². The summed E-state index contributed by atoms with van der Waals surface area (Å²) in [4.78, 5) is 13.0. The van der Waals surface area contributed by atoms with Gasteiger partial charge in [0.25, 0.3) is 0 Å². The van der Waals surface area contributed by atoms with Gasteiger partial charge in [0.05, 0.1) is 16.8 Å². The maximum Gasteiger partial charge on any atom is 0.164 e. The van der Waals surface area contributed by atoms with E-state index in [1.807, 2.05) is 19.9 Å². The molecule has 6 nitrogen and oxygen atoms in total. The quantitative estimate of drug-likeness (QED) is 0.515. The van der Waals surface area contributed by atoms with Crippen LogP contribution < -0.4 is 5.32 Å². The summed E-state index contributed by atoms with van der Waals surface area (Å²) in [5, 5.41) is 7.41. The number of allylic oxidation sites excluding steroid dienone is 4. The van der Waals surface area contributed by atoms with Crippen LogP contribution in [0.1, 0.15) is 22.8 Å². The average molecular weight is 412 g/mol. The van der Waals surface area contributed by atoms with Crippen molar-refractivity contribution in [2.45, 2.75) is 20.8 Å². The highest BCUT2D eigenvalue weighted by atomic mass is 35.5. The van der Waals surface area contributed by atoms with Crippen LogP contribution in [0.4, 0.5) is 15.9 Å². The predicted octanol–water partition coefficient (Wildman–Crippen LogP) is 5.81. The van der Waals surface area contributed by atoms with Crippen molar-refractivity contribution in [1.82, 2.24) is 20.1 Å². The van der Waals surface area contributed by atoms with Crippen LogP contribution in [-0.4, -0.2) is 20.1 Å². The topological polar surface area (TPSA) is 76.7 Å². The number of aromatic nitrogens is 4. The van der Waals surface area contributed by atoms with Crippen molar-refractivity contribution < 1.29 is 8.91 Å². The Morgan fingerprint density at radius 2 is 2.00 bits per heavy atom. The molecule has 0 spiro atoms. The minimum absolute atomic E-state index is 0.0461. The zero-order valence-electron chi connectivity index (χ0n) is 16.3. The number of rotatable bonds is 6. The van der Waals surface area contributed by atoms with E-state index in [0.29, 0.717) is 22.8 Å². The summed E-state index contributed by atoms with van der Waals surface area (Å²) < 4.78 is 19.3. The van der Waals surface area contributed by atoms with Crippen LogP contribution in [0.5, 0.6) is 0 Å². The van der Waals surface area contributed by atoms with E-state index >= 15 is 0 Å². The van der Waals surface area contributed by atoms with Crippen LogP contribution in [0.15, 0.2) is 59.3 Å². The van der Waals surface area contributed by atoms with Gasteiger partial charge in [0.2, 0.25) is 0 Å². The van der Waals surface area contributed by atoms with Crippen molar-refractivity contribution >= 4 is 28.7 Å². The van der Waals surface area contributed by atoms with Gasteiger partial charge in [0.1, 0.15) is 17.4 Å². The van der Waals surface area contributed by atoms with Gasteiger partial charge in [-0.25, -0.2) is 14.4 Å². The summed E-state index contributed by atoms with van der Waals surface area (Å²) >= 11 is 5.83. The lowest BCUT2D eigenvalue weighted by Crippen LogP contribution is -2.04. The molecule has 0 bridgehead atoms. The Bertz CT molecular complexity index is 1120. The number of nitrogens with one attached hydrogen (secondary N) is 1. The molecule has 29 heavy (non-hydrogen) atoms. The van der Waals surface area contributed by atoms with Crippen LogP contribution in [-0.2, 0) is 0 Å². The van der Waals surface area contributed by atoms with Gasteiger partial charge in [-0.2, -0.15) is 0 Å². The Balaban J connectivity index is 2.21. The lowest BCUT2D eigenvalue weighted by Gasteiger charge is -2.14. The molecule has 3 aromatic heterocycles. The van der Waals surface area contributed by atoms with Crippen molar-refractivity contribution in [2.24, 2.45) is 0 Å². The van der Waals surface area contributed by atoms with E-state index < -0.39 is 5.83 Å². The van der Waals surface area contributed by atoms with Crippen LogP contribution in [0.25, 0.3) is 16.7 Å². The molecule has 0 saturated carbocycles. The largest absolute Gasteiger partial charge is 0.361 e. The number of hydrogen-bond acceptors (Lipinski definition) is 6. The first kappa shape index (κ1) is 20.4. The molecule has 1 N–H and O–H groups in total. The number of halogens is 2. The normalized spacial score (nSPS) is 11.4. The predicted molar refractivity (Wildman–Crippen MR) is 112 cm³/mol. The fourth-order valence-electron chi connectivity index (χ4n) is 2.82. The van der Waals surface area contributed by atoms with Gasteiger partial charge in [0.15, 0.2) is 5.82 Å². The van der Waals surface area contributed by atoms with Gasteiger partial charge in [-0.3, -0.25) is 4.98 Å². The smallest absolute Gasteiger partial charge is 0.164 e. The summed E-state index contributed by atoms with van der Waals surface area (Å²) in [7, 11) is 0. The van der Waals surface area contributed by atoms with Crippen molar-refractivity contribution in [3.05, 3.63) is 77.6 Å². The molecule has 0 amide bonds. The molecule has 8 heteroatoms. The molecule has 0 aliphatic carbocycles. The lowest BCUT2D eigenvalue weighted by molar-refractivity contribution is 0.393. The van der Waals surface area contributed by atoms with E-state index in [1.165, 1.54) is 6.08 Å². The molecular weight excluding hydrogens is 393 g/mol. The Morgan fingerprint density at radius 3 is 2.59 bits per heavy atom. The zero-order valence-corrected chi connectivity index (χ0v) is 17.0. The number of pyridine rings is 1. The second kappa shape index (κ2) is 8.36. The van der Waals surface area contributed by atoms with Gasteiger partial charge in [-0.1, -0.05) is 29.9 Å². The third kappa shape index (κ3) is 4.41. The number of nitrogens with zero attached hydrogens (tertiary/aromatic N) is 4. The summed E-state index contributed by atoms with van der Waals surface area (Å²) in [6.07, 6.45) is 6.31. The molecule has 0 unspecified atom stereocenters. The summed E-state index contributed by atoms with van der Waals surface area (Å²) in [5.74, 6) is 0.464. The van der Waals surface area contributed by atoms with Crippen LogP contribution >= 0.6 is 11.6 Å². The Morgan fingerprint density at radius 1 is 1.24 bits per heavy atom. The van der Waals surface area contributed by atoms with Crippen molar-refractivity contribution in [3.8, 4) is 11.1 Å². The van der Waals surface area contributed by atoms with E-state index in [2.05, 4.69) is 38.6 Å². The summed E-state index contributed by atoms with van der Waals surface area (Å²) in [6.45, 7) is 12.5. The number of hydrogen-bond donors (Lipinski definition) is 1. The molecule has 3 rings (SSSR count). The third-order valence-corrected chi connectivity index (χ3v) is 4.31. The van der Waals surface area contributed by atoms with E-state index in [9.17, 15) is 4.39 Å². The van der Waals surface area contributed by atoms with Crippen LogP contribution in [0.3, 0.4) is 0 Å². The fraction of sp³-hybridized carbons (Fsp3) is 0.143. The van der Waals surface area contributed by atoms with Gasteiger partial charge < -0.3 is 9.84 Å². The minimum atomic E-state index is -0.720. The first-order chi connectivity index (χ1) is 13.8. The van der Waals surface area contributed by atoms with Crippen molar-refractivity contribution in [1.29, 1.82) is 0 Å². The maximum absolute atomic E-state index is 14.0. The minimum Gasteiger partial charge on any atom is -0.361 e. The maximum atomic E-state index is 14.0. The number of anilines is 2. The number of aryl methyl sites for hydroxylation is 3. The Hall–Kier alpha value is -3.32. The molecule has 148 valence electrons. The Labute approximate surface area is 172 Å². The van der Waals surface area contributed by atoms with Crippen LogP contribution in [0, 0.1) is 20.8 Å². The molecule has 0 fully saturated rings. The standard InChI is InChI=1S/C21H19ClFN5O/c1-11-9-24-7-6-18(11)26-21-17(19-14(4)28-29-15(19)5)10-25-20(27-21)16(13(3)23)8-12(2)22/h6-10H,2-3H2,1,4-5H3,(H,24,25,26,27)/b16-8+. The molecule has 0 aliphatic heterocycles. The lowest BCUT2D eigenvalue weighted by atomic mass is 10.1. The first-order valence-corrected chi connectivity index (χ1v) is 9.05. The SMILES string of the molecule is C=C(Cl)/C=C(\C(=C)F)c1ncc(-c2c(C)noc2C)c(Nc2ccncc2C)n1. The van der Waals surface area contributed by atoms with Crippen molar-refractivity contribution in [2.75, 3.05) is 5.32 Å². The summed E-state index contributed by atoms with van der Waals surface area (Å²) in [5.41, 5.74) is 3.87. The molecule has 3 heterocycles.